The minimum Gasteiger partial charge on any atom is -0.476 e. The third-order valence-corrected chi connectivity index (χ3v) is 2.10. The Morgan fingerprint density at radius 1 is 1.77 bits per heavy atom. The molecule has 0 spiro atoms. The van der Waals surface area contributed by atoms with Crippen molar-refractivity contribution < 1.29 is 14.3 Å². The number of aromatic carboxylic acids is 1. The SMILES string of the molecule is O=C(O)c1coc(C2CCCN2)n1. The van der Waals surface area contributed by atoms with Crippen molar-refractivity contribution in [2.75, 3.05) is 6.54 Å². The zero-order chi connectivity index (χ0) is 9.26. The normalized spacial score (nSPS) is 22.0. The molecule has 1 aromatic heterocycles. The van der Waals surface area contributed by atoms with Gasteiger partial charge < -0.3 is 14.8 Å². The summed E-state index contributed by atoms with van der Waals surface area (Å²) in [6.07, 6.45) is 3.21. The van der Waals surface area contributed by atoms with Gasteiger partial charge in [-0.2, -0.15) is 0 Å². The monoisotopic (exact) mass is 182 g/mol. The molecule has 0 bridgehead atoms. The first kappa shape index (κ1) is 8.25. The molecule has 1 aliphatic heterocycles. The van der Waals surface area contributed by atoms with Gasteiger partial charge in [0.05, 0.1) is 6.04 Å². The Morgan fingerprint density at radius 2 is 2.62 bits per heavy atom. The summed E-state index contributed by atoms with van der Waals surface area (Å²) < 4.78 is 5.06. The fourth-order valence-electron chi connectivity index (χ4n) is 1.44. The Balaban J connectivity index is 2.16. The van der Waals surface area contributed by atoms with E-state index < -0.39 is 5.97 Å². The summed E-state index contributed by atoms with van der Waals surface area (Å²) in [6, 6.07) is 0.0908. The molecule has 5 heteroatoms. The van der Waals surface area contributed by atoms with Gasteiger partial charge in [-0.25, -0.2) is 9.78 Å². The van der Waals surface area contributed by atoms with Gasteiger partial charge in [-0.1, -0.05) is 0 Å². The van der Waals surface area contributed by atoms with E-state index in [0.717, 1.165) is 19.4 Å². The smallest absolute Gasteiger partial charge is 0.357 e. The molecule has 70 valence electrons. The van der Waals surface area contributed by atoms with Gasteiger partial charge in [-0.15, -0.1) is 0 Å². The summed E-state index contributed by atoms with van der Waals surface area (Å²) in [5, 5.41) is 11.8. The van der Waals surface area contributed by atoms with Crippen LogP contribution in [0.4, 0.5) is 0 Å². The van der Waals surface area contributed by atoms with Gasteiger partial charge in [0.2, 0.25) is 5.89 Å². The number of carboxylic acids is 1. The molecule has 2 rings (SSSR count). The first-order valence-electron chi connectivity index (χ1n) is 4.19. The highest BCUT2D eigenvalue weighted by atomic mass is 16.4. The van der Waals surface area contributed by atoms with Crippen LogP contribution in [-0.4, -0.2) is 22.6 Å². The average molecular weight is 182 g/mol. The maximum atomic E-state index is 10.5. The maximum Gasteiger partial charge on any atom is 0.357 e. The molecule has 1 aliphatic rings. The fraction of sp³-hybridized carbons (Fsp3) is 0.500. The van der Waals surface area contributed by atoms with Crippen LogP contribution in [0.1, 0.15) is 35.3 Å². The van der Waals surface area contributed by atoms with Crippen molar-refractivity contribution in [2.24, 2.45) is 0 Å². The van der Waals surface area contributed by atoms with E-state index in [1.54, 1.807) is 0 Å². The van der Waals surface area contributed by atoms with Gasteiger partial charge in [0.1, 0.15) is 6.26 Å². The van der Waals surface area contributed by atoms with Crippen molar-refractivity contribution in [2.45, 2.75) is 18.9 Å². The Bertz CT molecular complexity index is 315. The minimum absolute atomic E-state index is 0.0244. The van der Waals surface area contributed by atoms with Crippen molar-refractivity contribution >= 4 is 5.97 Å². The Morgan fingerprint density at radius 3 is 3.15 bits per heavy atom. The number of aromatic nitrogens is 1. The van der Waals surface area contributed by atoms with E-state index in [4.69, 9.17) is 9.52 Å². The first-order chi connectivity index (χ1) is 6.27. The molecule has 1 atom stereocenters. The van der Waals surface area contributed by atoms with Crippen LogP contribution in [-0.2, 0) is 0 Å². The molecule has 5 nitrogen and oxygen atoms in total. The molecule has 0 radical (unpaired) electrons. The summed E-state index contributed by atoms with van der Waals surface area (Å²) in [5.74, 6) is -0.567. The van der Waals surface area contributed by atoms with Crippen LogP contribution in [0.15, 0.2) is 10.7 Å². The summed E-state index contributed by atoms with van der Waals surface area (Å²) in [7, 11) is 0. The number of nitrogens with one attached hydrogen (secondary N) is 1. The zero-order valence-electron chi connectivity index (χ0n) is 6.99. The van der Waals surface area contributed by atoms with Crippen LogP contribution in [0, 0.1) is 0 Å². The van der Waals surface area contributed by atoms with Crippen molar-refractivity contribution in [3.8, 4) is 0 Å². The molecule has 1 fully saturated rings. The number of nitrogens with zero attached hydrogens (tertiary/aromatic N) is 1. The van der Waals surface area contributed by atoms with E-state index in [1.165, 1.54) is 6.26 Å². The second-order valence-electron chi connectivity index (χ2n) is 3.03. The topological polar surface area (TPSA) is 75.4 Å². The van der Waals surface area contributed by atoms with Gasteiger partial charge >= 0.3 is 5.97 Å². The lowest BCUT2D eigenvalue weighted by Gasteiger charge is -2.02. The molecular formula is C8H10N2O3. The van der Waals surface area contributed by atoms with E-state index in [-0.39, 0.29) is 11.7 Å². The summed E-state index contributed by atoms with van der Waals surface area (Å²) in [5.41, 5.74) is -0.0244. The molecule has 1 aromatic rings. The van der Waals surface area contributed by atoms with Crippen LogP contribution < -0.4 is 5.32 Å². The van der Waals surface area contributed by atoms with E-state index in [9.17, 15) is 4.79 Å². The second kappa shape index (κ2) is 3.18. The van der Waals surface area contributed by atoms with E-state index >= 15 is 0 Å². The number of hydrogen-bond acceptors (Lipinski definition) is 4. The van der Waals surface area contributed by atoms with Crippen molar-refractivity contribution in [3.05, 3.63) is 17.8 Å². The number of carboxylic acid groups (broad SMARTS) is 1. The summed E-state index contributed by atoms with van der Waals surface area (Å²) >= 11 is 0. The van der Waals surface area contributed by atoms with Gasteiger partial charge in [-0.3, -0.25) is 0 Å². The molecule has 0 aromatic carbocycles. The highest BCUT2D eigenvalue weighted by Crippen LogP contribution is 2.21. The summed E-state index contributed by atoms with van der Waals surface area (Å²) in [6.45, 7) is 0.940. The van der Waals surface area contributed by atoms with Gasteiger partial charge in [-0.05, 0) is 19.4 Å². The molecule has 0 aliphatic carbocycles. The molecule has 0 amide bonds. The van der Waals surface area contributed by atoms with E-state index in [2.05, 4.69) is 10.3 Å². The molecular weight excluding hydrogens is 172 g/mol. The number of hydrogen-bond donors (Lipinski definition) is 2. The quantitative estimate of drug-likeness (QED) is 0.707. The van der Waals surface area contributed by atoms with Crippen molar-refractivity contribution in [3.63, 3.8) is 0 Å². The number of carbonyl (C=O) groups is 1. The highest BCUT2D eigenvalue weighted by Gasteiger charge is 2.22. The lowest BCUT2D eigenvalue weighted by molar-refractivity contribution is 0.0690. The Labute approximate surface area is 74.8 Å². The van der Waals surface area contributed by atoms with Crippen LogP contribution >= 0.6 is 0 Å². The van der Waals surface area contributed by atoms with Crippen molar-refractivity contribution in [1.82, 2.24) is 10.3 Å². The molecule has 2 N–H and O–H groups in total. The molecule has 0 saturated carbocycles. The van der Waals surface area contributed by atoms with Gasteiger partial charge in [0, 0.05) is 0 Å². The van der Waals surface area contributed by atoms with Crippen LogP contribution in [0.3, 0.4) is 0 Å². The van der Waals surface area contributed by atoms with Crippen molar-refractivity contribution in [1.29, 1.82) is 0 Å². The van der Waals surface area contributed by atoms with Crippen LogP contribution in [0.2, 0.25) is 0 Å². The minimum atomic E-state index is -1.05. The standard InChI is InChI=1S/C8H10N2O3/c11-8(12)6-4-13-7(10-6)5-2-1-3-9-5/h4-5,9H,1-3H2,(H,11,12). The largest absolute Gasteiger partial charge is 0.476 e. The van der Waals surface area contributed by atoms with Crippen LogP contribution in [0.5, 0.6) is 0 Å². The summed E-state index contributed by atoms with van der Waals surface area (Å²) in [4.78, 5) is 14.3. The molecule has 1 saturated heterocycles. The van der Waals surface area contributed by atoms with Gasteiger partial charge in [0.15, 0.2) is 5.69 Å². The van der Waals surface area contributed by atoms with Gasteiger partial charge in [0.25, 0.3) is 0 Å². The predicted octanol–water partition coefficient (Wildman–Crippen LogP) is 0.797. The lowest BCUT2D eigenvalue weighted by atomic mass is 10.2. The lowest BCUT2D eigenvalue weighted by Crippen LogP contribution is -2.13. The average Bonchev–Trinajstić information content (AvgIpc) is 2.75. The second-order valence-corrected chi connectivity index (χ2v) is 3.03. The number of rotatable bonds is 2. The van der Waals surface area contributed by atoms with E-state index in [1.807, 2.05) is 0 Å². The van der Waals surface area contributed by atoms with Crippen LogP contribution in [0.25, 0.3) is 0 Å². The Hall–Kier alpha value is -1.36. The zero-order valence-corrected chi connectivity index (χ0v) is 6.99. The van der Waals surface area contributed by atoms with E-state index in [0.29, 0.717) is 5.89 Å². The molecule has 2 heterocycles. The molecule has 1 unspecified atom stereocenters. The highest BCUT2D eigenvalue weighted by molar-refractivity contribution is 5.84. The maximum absolute atomic E-state index is 10.5. The first-order valence-corrected chi connectivity index (χ1v) is 4.19. The third kappa shape index (κ3) is 1.55. The number of oxazole rings is 1. The fourth-order valence-corrected chi connectivity index (χ4v) is 1.44. The molecule has 13 heavy (non-hydrogen) atoms. The predicted molar refractivity (Wildman–Crippen MR) is 43.4 cm³/mol. The Kier molecular flexibility index (Phi) is 2.02. The third-order valence-electron chi connectivity index (χ3n) is 2.10.